The Labute approximate surface area is 116 Å². The van der Waals surface area contributed by atoms with E-state index in [9.17, 15) is 18.3 Å². The molecule has 1 aliphatic rings. The molecule has 0 aliphatic carbocycles. The number of hydrogen-bond acceptors (Lipinski definition) is 4. The molecule has 5 nitrogen and oxygen atoms in total. The maximum absolute atomic E-state index is 12.4. The lowest BCUT2D eigenvalue weighted by molar-refractivity contribution is -0.312. The molecule has 0 bridgehead atoms. The molecule has 0 radical (unpaired) electrons. The molecule has 0 amide bonds. The van der Waals surface area contributed by atoms with Crippen molar-refractivity contribution in [1.82, 2.24) is 4.31 Å². The van der Waals surface area contributed by atoms with E-state index in [0.717, 1.165) is 0 Å². The number of piperidine rings is 1. The van der Waals surface area contributed by atoms with Crippen LogP contribution in [0.15, 0.2) is 29.2 Å². The van der Waals surface area contributed by atoms with Gasteiger partial charge >= 0.3 is 0 Å². The topological polar surface area (TPSA) is 77.5 Å². The second-order valence-electron chi connectivity index (χ2n) is 4.43. The molecule has 7 heteroatoms. The Morgan fingerprint density at radius 2 is 1.84 bits per heavy atom. The molecule has 2 rings (SSSR count). The second kappa shape index (κ2) is 5.48. The summed E-state index contributed by atoms with van der Waals surface area (Å²) in [6.07, 6.45) is 0.540. The summed E-state index contributed by atoms with van der Waals surface area (Å²) >= 11 is 5.90. The third-order valence-corrected chi connectivity index (χ3v) is 5.64. The van der Waals surface area contributed by atoms with E-state index < -0.39 is 21.9 Å². The van der Waals surface area contributed by atoms with Crippen molar-refractivity contribution in [3.63, 3.8) is 0 Å². The molecule has 1 aromatic rings. The van der Waals surface area contributed by atoms with Gasteiger partial charge in [0, 0.05) is 25.0 Å². The molecule has 1 aliphatic heterocycles. The normalized spacial score (nSPS) is 18.4. The number of rotatable bonds is 3. The van der Waals surface area contributed by atoms with Crippen LogP contribution in [0.4, 0.5) is 0 Å². The zero-order valence-electron chi connectivity index (χ0n) is 10.1. The number of carbonyl (C=O) groups is 1. The number of carboxylic acids is 1. The fourth-order valence-corrected chi connectivity index (χ4v) is 4.09. The van der Waals surface area contributed by atoms with E-state index in [2.05, 4.69) is 0 Å². The van der Waals surface area contributed by atoms with Crippen molar-refractivity contribution >= 4 is 27.6 Å². The predicted molar refractivity (Wildman–Crippen MR) is 67.9 cm³/mol. The first-order chi connectivity index (χ1) is 8.93. The van der Waals surface area contributed by atoms with Crippen LogP contribution in [0.1, 0.15) is 12.8 Å². The third-order valence-electron chi connectivity index (χ3n) is 3.24. The minimum atomic E-state index is -3.65. The maximum atomic E-state index is 12.4. The van der Waals surface area contributed by atoms with Crippen LogP contribution >= 0.6 is 11.6 Å². The van der Waals surface area contributed by atoms with Gasteiger partial charge in [0.05, 0.1) is 5.02 Å². The number of carboxylic acid groups (broad SMARTS) is 1. The van der Waals surface area contributed by atoms with Gasteiger partial charge in [0.1, 0.15) is 4.90 Å². The van der Waals surface area contributed by atoms with Gasteiger partial charge in [0.2, 0.25) is 10.0 Å². The fraction of sp³-hybridized carbons (Fsp3) is 0.417. The van der Waals surface area contributed by atoms with Crippen LogP contribution < -0.4 is 5.11 Å². The summed E-state index contributed by atoms with van der Waals surface area (Å²) in [5.74, 6) is -1.69. The van der Waals surface area contributed by atoms with Gasteiger partial charge in [0.25, 0.3) is 0 Å². The number of sulfonamides is 1. The maximum Gasteiger partial charge on any atom is 0.244 e. The van der Waals surface area contributed by atoms with E-state index in [1.54, 1.807) is 12.1 Å². The molecule has 1 heterocycles. The third kappa shape index (κ3) is 2.91. The second-order valence-corrected chi connectivity index (χ2v) is 6.74. The quantitative estimate of drug-likeness (QED) is 0.814. The number of nitrogens with zero attached hydrogens (tertiary/aromatic N) is 1. The number of halogens is 1. The Kier molecular flexibility index (Phi) is 4.13. The first-order valence-electron chi connectivity index (χ1n) is 5.88. The molecular formula is C12H13ClNO4S-. The summed E-state index contributed by atoms with van der Waals surface area (Å²) in [6.45, 7) is 0.346. The minimum Gasteiger partial charge on any atom is -0.550 e. The molecule has 104 valence electrons. The highest BCUT2D eigenvalue weighted by atomic mass is 35.5. The van der Waals surface area contributed by atoms with E-state index in [4.69, 9.17) is 11.6 Å². The summed E-state index contributed by atoms with van der Waals surface area (Å²) in [5.41, 5.74) is 0. The molecule has 0 aromatic heterocycles. The number of aliphatic carboxylic acids is 1. The Morgan fingerprint density at radius 3 is 2.37 bits per heavy atom. The molecule has 1 fully saturated rings. The smallest absolute Gasteiger partial charge is 0.244 e. The van der Waals surface area contributed by atoms with Gasteiger partial charge in [-0.2, -0.15) is 4.31 Å². The molecule has 0 atom stereocenters. The number of benzene rings is 1. The van der Waals surface area contributed by atoms with Gasteiger partial charge in [-0.25, -0.2) is 8.42 Å². The molecule has 1 aromatic carbocycles. The van der Waals surface area contributed by atoms with Gasteiger partial charge < -0.3 is 9.90 Å². The molecule has 0 spiro atoms. The molecule has 19 heavy (non-hydrogen) atoms. The van der Waals surface area contributed by atoms with Crippen molar-refractivity contribution in [2.75, 3.05) is 13.1 Å². The summed E-state index contributed by atoms with van der Waals surface area (Å²) in [6, 6.07) is 6.22. The average Bonchev–Trinajstić information content (AvgIpc) is 2.39. The highest BCUT2D eigenvalue weighted by Gasteiger charge is 2.30. The van der Waals surface area contributed by atoms with Crippen molar-refractivity contribution in [2.24, 2.45) is 5.92 Å². The molecule has 0 saturated carbocycles. The Bertz CT molecular complexity index is 579. The van der Waals surface area contributed by atoms with E-state index in [-0.39, 0.29) is 35.8 Å². The van der Waals surface area contributed by atoms with Gasteiger partial charge in [-0.3, -0.25) is 0 Å². The highest BCUT2D eigenvalue weighted by molar-refractivity contribution is 7.89. The van der Waals surface area contributed by atoms with Crippen LogP contribution in [-0.2, 0) is 14.8 Å². The first-order valence-corrected chi connectivity index (χ1v) is 7.70. The Morgan fingerprint density at radius 1 is 1.26 bits per heavy atom. The van der Waals surface area contributed by atoms with Crippen LogP contribution in [0.2, 0.25) is 5.02 Å². The first kappa shape index (κ1) is 14.3. The van der Waals surface area contributed by atoms with E-state index in [0.29, 0.717) is 0 Å². The molecule has 0 unspecified atom stereocenters. The number of hydrogen-bond donors (Lipinski definition) is 0. The van der Waals surface area contributed by atoms with E-state index in [1.165, 1.54) is 16.4 Å². The van der Waals surface area contributed by atoms with Gasteiger partial charge in [-0.05, 0) is 25.0 Å². The Hall–Kier alpha value is -1.11. The highest BCUT2D eigenvalue weighted by Crippen LogP contribution is 2.27. The van der Waals surface area contributed by atoms with Gasteiger partial charge in [-0.1, -0.05) is 23.7 Å². The summed E-state index contributed by atoms with van der Waals surface area (Å²) in [5, 5.41) is 10.9. The summed E-state index contributed by atoms with van der Waals surface area (Å²) < 4.78 is 26.0. The van der Waals surface area contributed by atoms with Crippen molar-refractivity contribution in [2.45, 2.75) is 17.7 Å². The standard InChI is InChI=1S/C12H14ClNO4S/c13-10-3-1-2-4-11(10)19(17,18)14-7-5-9(6-8-14)12(15)16/h1-4,9H,5-8H2,(H,15,16)/p-1. The van der Waals surface area contributed by atoms with Crippen LogP contribution in [0.5, 0.6) is 0 Å². The van der Waals surface area contributed by atoms with Gasteiger partial charge in [-0.15, -0.1) is 0 Å². The zero-order valence-corrected chi connectivity index (χ0v) is 11.7. The van der Waals surface area contributed by atoms with Crippen LogP contribution in [0.3, 0.4) is 0 Å². The molecule has 0 N–H and O–H groups in total. The fourth-order valence-electron chi connectivity index (χ4n) is 2.12. The van der Waals surface area contributed by atoms with Crippen molar-refractivity contribution in [3.05, 3.63) is 29.3 Å². The van der Waals surface area contributed by atoms with Crippen LogP contribution in [0, 0.1) is 5.92 Å². The zero-order chi connectivity index (χ0) is 14.0. The lowest BCUT2D eigenvalue weighted by Gasteiger charge is -2.31. The molecular weight excluding hydrogens is 290 g/mol. The lowest BCUT2D eigenvalue weighted by atomic mass is 9.99. The molecule has 1 saturated heterocycles. The van der Waals surface area contributed by atoms with Gasteiger partial charge in [0.15, 0.2) is 0 Å². The predicted octanol–water partition coefficient (Wildman–Crippen LogP) is 0.491. The summed E-state index contributed by atoms with van der Waals surface area (Å²) in [7, 11) is -3.65. The Balaban J connectivity index is 2.19. The van der Waals surface area contributed by atoms with Crippen molar-refractivity contribution in [3.8, 4) is 0 Å². The van der Waals surface area contributed by atoms with E-state index in [1.807, 2.05) is 0 Å². The number of carbonyl (C=O) groups excluding carboxylic acids is 1. The summed E-state index contributed by atoms with van der Waals surface area (Å²) in [4.78, 5) is 10.8. The van der Waals surface area contributed by atoms with Crippen molar-refractivity contribution in [1.29, 1.82) is 0 Å². The van der Waals surface area contributed by atoms with Crippen molar-refractivity contribution < 1.29 is 18.3 Å². The largest absolute Gasteiger partial charge is 0.550 e. The lowest BCUT2D eigenvalue weighted by Crippen LogP contribution is -2.43. The van der Waals surface area contributed by atoms with E-state index >= 15 is 0 Å². The average molecular weight is 303 g/mol. The monoisotopic (exact) mass is 302 g/mol. The van der Waals surface area contributed by atoms with Crippen LogP contribution in [0.25, 0.3) is 0 Å². The minimum absolute atomic E-state index is 0.0589. The SMILES string of the molecule is O=C([O-])C1CCN(S(=O)(=O)c2ccccc2Cl)CC1. The van der Waals surface area contributed by atoms with Crippen LogP contribution in [-0.4, -0.2) is 31.8 Å².